The number of unbranched alkanes of at least 4 members (excludes halogenated alkanes) is 3. The topological polar surface area (TPSA) is 68.3 Å². The van der Waals surface area contributed by atoms with Gasteiger partial charge in [-0.05, 0) is 12.8 Å². The van der Waals surface area contributed by atoms with Gasteiger partial charge >= 0.3 is 0 Å². The first kappa shape index (κ1) is 14.9. The molecule has 0 bridgehead atoms. The van der Waals surface area contributed by atoms with Crippen LogP contribution in [0.4, 0.5) is 0 Å². The van der Waals surface area contributed by atoms with Gasteiger partial charge in [0.05, 0.1) is 11.5 Å². The van der Waals surface area contributed by atoms with E-state index in [0.29, 0.717) is 19.3 Å². The normalized spacial score (nSPS) is 12.9. The van der Waals surface area contributed by atoms with Gasteiger partial charge in [0.2, 0.25) is 0 Å². The molecule has 4 nitrogen and oxygen atoms in total. The Kier molecular flexibility index (Phi) is 6.43. The minimum Gasteiger partial charge on any atom is -0.213 e. The Morgan fingerprint density at radius 1 is 0.667 bits per heavy atom. The average Bonchev–Trinajstić information content (AvgIpc) is 2.15. The molecule has 0 fully saturated rings. The van der Waals surface area contributed by atoms with Crippen molar-refractivity contribution in [2.45, 2.75) is 46.0 Å². The van der Waals surface area contributed by atoms with Crippen LogP contribution in [0.2, 0.25) is 0 Å². The van der Waals surface area contributed by atoms with E-state index in [9.17, 15) is 16.8 Å². The Bertz CT molecular complexity index is 354. The highest BCUT2D eigenvalue weighted by atomic mass is 33.2. The van der Waals surface area contributed by atoms with Crippen molar-refractivity contribution in [3.63, 3.8) is 0 Å². The molecule has 0 aliphatic rings. The minimum atomic E-state index is -3.93. The Balaban J connectivity index is 4.44. The summed E-state index contributed by atoms with van der Waals surface area (Å²) in [6.07, 6.45) is 3.16. The standard InChI is InChI=1S/C9H20O4S2/c1-3-5-7-9-15(12,13)14(10,11)8-6-4-2/h3-9H2,1-2H3. The van der Waals surface area contributed by atoms with Crippen LogP contribution in [0.5, 0.6) is 0 Å². The molecule has 0 saturated carbocycles. The van der Waals surface area contributed by atoms with Crippen molar-refractivity contribution in [3.8, 4) is 0 Å². The fourth-order valence-corrected chi connectivity index (χ4v) is 5.04. The van der Waals surface area contributed by atoms with Crippen molar-refractivity contribution in [2.24, 2.45) is 0 Å². The maximum Gasteiger partial charge on any atom is 0.253 e. The average molecular weight is 256 g/mol. The SMILES string of the molecule is CCCCCS(=O)(=O)S(=O)(=O)CCCC. The Labute approximate surface area is 92.3 Å². The maximum atomic E-state index is 11.4. The van der Waals surface area contributed by atoms with Gasteiger partial charge < -0.3 is 0 Å². The molecule has 0 spiro atoms. The molecule has 0 amide bonds. The van der Waals surface area contributed by atoms with Crippen LogP contribution in [0, 0.1) is 0 Å². The van der Waals surface area contributed by atoms with E-state index in [1.807, 2.05) is 13.8 Å². The largest absolute Gasteiger partial charge is 0.253 e. The molecule has 0 saturated heterocycles. The third kappa shape index (κ3) is 4.97. The molecule has 0 aliphatic carbocycles. The van der Waals surface area contributed by atoms with Crippen LogP contribution in [-0.4, -0.2) is 28.3 Å². The van der Waals surface area contributed by atoms with E-state index in [2.05, 4.69) is 0 Å². The van der Waals surface area contributed by atoms with Gasteiger partial charge in [0.15, 0.2) is 0 Å². The third-order valence-electron chi connectivity index (χ3n) is 2.13. The zero-order valence-electron chi connectivity index (χ0n) is 9.40. The first-order valence-electron chi connectivity index (χ1n) is 5.32. The summed E-state index contributed by atoms with van der Waals surface area (Å²) in [7, 11) is -7.86. The van der Waals surface area contributed by atoms with Crippen molar-refractivity contribution in [2.75, 3.05) is 11.5 Å². The maximum absolute atomic E-state index is 11.4. The van der Waals surface area contributed by atoms with Crippen LogP contribution in [-0.2, 0) is 17.7 Å². The second-order valence-corrected chi connectivity index (χ2v) is 9.68. The molecule has 0 atom stereocenters. The molecule has 0 heterocycles. The van der Waals surface area contributed by atoms with Crippen LogP contribution < -0.4 is 0 Å². The van der Waals surface area contributed by atoms with E-state index in [1.54, 1.807) is 0 Å². The molecule has 6 heteroatoms. The summed E-state index contributed by atoms with van der Waals surface area (Å²) in [5.74, 6) is -0.467. The van der Waals surface area contributed by atoms with Gasteiger partial charge in [0, 0.05) is 0 Å². The molecule has 0 radical (unpaired) electrons. The van der Waals surface area contributed by atoms with Gasteiger partial charge in [-0.15, -0.1) is 0 Å². The predicted octanol–water partition coefficient (Wildman–Crippen LogP) is 1.72. The van der Waals surface area contributed by atoms with Gasteiger partial charge in [0.25, 0.3) is 17.7 Å². The molecule has 0 aromatic heterocycles. The smallest absolute Gasteiger partial charge is 0.213 e. The van der Waals surface area contributed by atoms with Crippen LogP contribution in [0.3, 0.4) is 0 Å². The number of hydrogen-bond acceptors (Lipinski definition) is 4. The zero-order chi connectivity index (χ0) is 11.9. The number of rotatable bonds is 8. The van der Waals surface area contributed by atoms with Crippen LogP contribution >= 0.6 is 0 Å². The Morgan fingerprint density at radius 3 is 1.47 bits per heavy atom. The van der Waals surface area contributed by atoms with E-state index in [0.717, 1.165) is 12.8 Å². The summed E-state index contributed by atoms with van der Waals surface area (Å²) < 4.78 is 45.7. The number of hydrogen-bond donors (Lipinski definition) is 0. The predicted molar refractivity (Wildman–Crippen MR) is 62.0 cm³/mol. The van der Waals surface area contributed by atoms with Crippen molar-refractivity contribution >= 4 is 17.7 Å². The second-order valence-electron chi connectivity index (χ2n) is 3.58. The molecule has 0 rings (SSSR count). The summed E-state index contributed by atoms with van der Waals surface area (Å²) in [6.45, 7) is 3.78. The first-order chi connectivity index (χ1) is 6.87. The molecule has 0 N–H and O–H groups in total. The lowest BCUT2D eigenvalue weighted by Crippen LogP contribution is -2.21. The molecule has 15 heavy (non-hydrogen) atoms. The van der Waals surface area contributed by atoms with Gasteiger partial charge in [-0.3, -0.25) is 0 Å². The highest BCUT2D eigenvalue weighted by molar-refractivity contribution is 8.67. The van der Waals surface area contributed by atoms with E-state index in [1.165, 1.54) is 0 Å². The quantitative estimate of drug-likeness (QED) is 0.490. The molecule has 0 aliphatic heterocycles. The van der Waals surface area contributed by atoms with E-state index in [-0.39, 0.29) is 11.5 Å². The van der Waals surface area contributed by atoms with Crippen molar-refractivity contribution in [1.82, 2.24) is 0 Å². The lowest BCUT2D eigenvalue weighted by molar-refractivity contribution is 0.578. The monoisotopic (exact) mass is 256 g/mol. The second kappa shape index (κ2) is 6.48. The molecular formula is C9H20O4S2. The zero-order valence-corrected chi connectivity index (χ0v) is 11.0. The van der Waals surface area contributed by atoms with Crippen molar-refractivity contribution in [3.05, 3.63) is 0 Å². The van der Waals surface area contributed by atoms with E-state index < -0.39 is 17.7 Å². The first-order valence-corrected chi connectivity index (χ1v) is 9.15. The van der Waals surface area contributed by atoms with Gasteiger partial charge in [-0.1, -0.05) is 33.1 Å². The molecular weight excluding hydrogens is 236 g/mol. The fourth-order valence-electron chi connectivity index (χ4n) is 1.10. The summed E-state index contributed by atoms with van der Waals surface area (Å²) >= 11 is 0. The molecule has 0 unspecified atom stereocenters. The van der Waals surface area contributed by atoms with E-state index >= 15 is 0 Å². The highest BCUT2D eigenvalue weighted by Gasteiger charge is 2.27. The molecule has 0 aromatic carbocycles. The lowest BCUT2D eigenvalue weighted by Gasteiger charge is -2.04. The summed E-state index contributed by atoms with van der Waals surface area (Å²) in [5.41, 5.74) is 0. The fraction of sp³-hybridized carbons (Fsp3) is 1.00. The minimum absolute atomic E-state index is 0.229. The summed E-state index contributed by atoms with van der Waals surface area (Å²) in [5, 5.41) is 0. The highest BCUT2D eigenvalue weighted by Crippen LogP contribution is 2.10. The van der Waals surface area contributed by atoms with Crippen molar-refractivity contribution < 1.29 is 16.8 Å². The summed E-state index contributed by atoms with van der Waals surface area (Å²) in [4.78, 5) is 0. The molecule has 0 aromatic rings. The molecule has 92 valence electrons. The van der Waals surface area contributed by atoms with Crippen LogP contribution in [0.25, 0.3) is 0 Å². The van der Waals surface area contributed by atoms with Crippen molar-refractivity contribution in [1.29, 1.82) is 0 Å². The van der Waals surface area contributed by atoms with Crippen LogP contribution in [0.1, 0.15) is 46.0 Å². The summed E-state index contributed by atoms with van der Waals surface area (Å²) in [6, 6.07) is 0. The van der Waals surface area contributed by atoms with Gasteiger partial charge in [-0.2, -0.15) is 0 Å². The third-order valence-corrected chi connectivity index (χ3v) is 7.81. The van der Waals surface area contributed by atoms with Gasteiger partial charge in [0.1, 0.15) is 0 Å². The van der Waals surface area contributed by atoms with E-state index in [4.69, 9.17) is 0 Å². The Morgan fingerprint density at radius 2 is 1.07 bits per heavy atom. The Hall–Kier alpha value is -0.100. The van der Waals surface area contributed by atoms with Gasteiger partial charge in [-0.25, -0.2) is 16.8 Å². The van der Waals surface area contributed by atoms with Crippen LogP contribution in [0.15, 0.2) is 0 Å². The lowest BCUT2D eigenvalue weighted by atomic mass is 10.3.